The molecule has 0 spiro atoms. The summed E-state index contributed by atoms with van der Waals surface area (Å²) >= 11 is -1.21. The first kappa shape index (κ1) is 9.89. The van der Waals surface area contributed by atoms with Crippen LogP contribution >= 0.6 is 10.1 Å². The number of hydrogen-bond acceptors (Lipinski definition) is 1. The summed E-state index contributed by atoms with van der Waals surface area (Å²) in [6.45, 7) is 2.26. The van der Waals surface area contributed by atoms with E-state index < -0.39 is 12.1 Å². The fraction of sp³-hybridized carbons (Fsp3) is 1.00. The van der Waals surface area contributed by atoms with Crippen molar-refractivity contribution in [1.29, 1.82) is 0 Å². The maximum atomic E-state index is 2.46. The molecule has 9 heavy (non-hydrogen) atoms. The van der Waals surface area contributed by atoms with Crippen LogP contribution in [0.1, 0.15) is 19.8 Å². The summed E-state index contributed by atoms with van der Waals surface area (Å²) in [6.07, 6.45) is 2.76. The molecule has 2 heteroatoms. The van der Waals surface area contributed by atoms with Crippen molar-refractivity contribution < 1.29 is 0 Å². The van der Waals surface area contributed by atoms with Gasteiger partial charge in [-0.3, -0.25) is 0 Å². The second-order valence-corrected chi connectivity index (χ2v) is 21.1. The van der Waals surface area contributed by atoms with Crippen molar-refractivity contribution in [1.82, 2.24) is 0 Å². The van der Waals surface area contributed by atoms with Crippen molar-refractivity contribution in [2.24, 2.45) is 0 Å². The molecule has 0 nitrogen and oxygen atoms in total. The summed E-state index contributed by atoms with van der Waals surface area (Å²) in [6, 6.07) is 0. The first-order chi connectivity index (χ1) is 4.06. The van der Waals surface area contributed by atoms with Crippen molar-refractivity contribution in [2.45, 2.75) is 37.0 Å². The Hall–Kier alpha value is 0.893. The Balaban J connectivity index is 3.07. The first-order valence-electron chi connectivity index (χ1n) is 3.70. The molecular weight excluding hydrogens is 189 g/mol. The van der Waals surface area contributed by atoms with Crippen LogP contribution in [0.3, 0.4) is 0 Å². The van der Waals surface area contributed by atoms with Crippen LogP contribution in [0.15, 0.2) is 0 Å². The van der Waals surface area contributed by atoms with E-state index in [-0.39, 0.29) is 0 Å². The summed E-state index contributed by atoms with van der Waals surface area (Å²) < 4.78 is 0. The van der Waals surface area contributed by atoms with Gasteiger partial charge in [0.05, 0.1) is 0 Å². The monoisotopic (exact) mass is 208 g/mol. The predicted molar refractivity (Wildman–Crippen MR) is 50.7 cm³/mol. The Labute approximate surface area is 65.2 Å². The van der Waals surface area contributed by atoms with Crippen LogP contribution in [0.2, 0.25) is 17.3 Å². The van der Waals surface area contributed by atoms with E-state index in [0.717, 1.165) is 0 Å². The average molecular weight is 207 g/mol. The van der Waals surface area contributed by atoms with Crippen LogP contribution in [0, 0.1) is 0 Å². The third-order valence-corrected chi connectivity index (χ3v) is 9.13. The quantitative estimate of drug-likeness (QED) is 0.503. The molecule has 0 heterocycles. The van der Waals surface area contributed by atoms with Gasteiger partial charge in [-0.25, -0.2) is 0 Å². The van der Waals surface area contributed by atoms with Crippen molar-refractivity contribution in [2.75, 3.05) is 5.75 Å². The molecular formula is C7H18GeS. The molecule has 0 aliphatic heterocycles. The molecule has 0 saturated heterocycles. The van der Waals surface area contributed by atoms with Gasteiger partial charge in [0.25, 0.3) is 0 Å². The molecule has 0 N–H and O–H groups in total. The molecule has 0 bridgehead atoms. The third kappa shape index (κ3) is 8.89. The summed E-state index contributed by atoms with van der Waals surface area (Å²) in [5, 5.41) is 0. The van der Waals surface area contributed by atoms with Gasteiger partial charge in [-0.2, -0.15) is 0 Å². The van der Waals surface area contributed by atoms with Crippen LogP contribution in [-0.4, -0.2) is 17.9 Å². The molecule has 0 rings (SSSR count). The van der Waals surface area contributed by atoms with Crippen LogP contribution in [0.5, 0.6) is 0 Å². The Bertz CT molecular complexity index is 65.8. The molecule has 0 unspecified atom stereocenters. The van der Waals surface area contributed by atoms with Gasteiger partial charge in [0.2, 0.25) is 0 Å². The van der Waals surface area contributed by atoms with Crippen LogP contribution in [-0.2, 0) is 0 Å². The van der Waals surface area contributed by atoms with Crippen LogP contribution in [0.4, 0.5) is 0 Å². The van der Waals surface area contributed by atoms with E-state index in [1.165, 1.54) is 18.6 Å². The van der Waals surface area contributed by atoms with Gasteiger partial charge >= 0.3 is 65.0 Å². The van der Waals surface area contributed by atoms with E-state index >= 15 is 0 Å². The molecule has 0 fully saturated rings. The van der Waals surface area contributed by atoms with Crippen LogP contribution in [0.25, 0.3) is 0 Å². The normalized spacial score (nSPS) is 12.0. The molecule has 56 valence electrons. The predicted octanol–water partition coefficient (Wildman–Crippen LogP) is 3.35. The van der Waals surface area contributed by atoms with E-state index in [1.807, 2.05) is 0 Å². The summed E-state index contributed by atoms with van der Waals surface area (Å²) in [5.41, 5.74) is 0. The first-order valence-corrected chi connectivity index (χ1v) is 13.5. The van der Waals surface area contributed by atoms with Gasteiger partial charge in [-0.1, -0.05) is 0 Å². The summed E-state index contributed by atoms with van der Waals surface area (Å²) in [7, 11) is 2.25. The second-order valence-electron chi connectivity index (χ2n) is 3.31. The van der Waals surface area contributed by atoms with Crippen molar-refractivity contribution in [3.05, 3.63) is 0 Å². The van der Waals surface area contributed by atoms with Crippen LogP contribution < -0.4 is 0 Å². The van der Waals surface area contributed by atoms with Gasteiger partial charge in [-0.15, -0.1) is 0 Å². The SMILES string of the molecule is CCCC[S][Ge]([CH3])([CH3])[CH3]. The molecule has 0 aromatic rings. The number of rotatable bonds is 4. The van der Waals surface area contributed by atoms with Crippen molar-refractivity contribution >= 4 is 22.2 Å². The zero-order valence-electron chi connectivity index (χ0n) is 7.03. The molecule has 0 aliphatic rings. The second kappa shape index (κ2) is 4.67. The fourth-order valence-corrected chi connectivity index (χ4v) is 6.33. The van der Waals surface area contributed by atoms with Gasteiger partial charge < -0.3 is 0 Å². The van der Waals surface area contributed by atoms with E-state index in [2.05, 4.69) is 34.3 Å². The van der Waals surface area contributed by atoms with Gasteiger partial charge in [0.15, 0.2) is 0 Å². The number of hydrogen-bond donors (Lipinski definition) is 0. The van der Waals surface area contributed by atoms with Gasteiger partial charge in [-0.05, 0) is 0 Å². The van der Waals surface area contributed by atoms with Crippen molar-refractivity contribution in [3.8, 4) is 0 Å². The minimum atomic E-state index is -1.21. The zero-order valence-corrected chi connectivity index (χ0v) is 9.94. The van der Waals surface area contributed by atoms with Gasteiger partial charge in [0.1, 0.15) is 0 Å². The Kier molecular flexibility index (Phi) is 5.13. The molecule has 0 amide bonds. The van der Waals surface area contributed by atoms with Crippen molar-refractivity contribution in [3.63, 3.8) is 0 Å². The average Bonchev–Trinajstić information content (AvgIpc) is 1.63. The molecule has 0 atom stereocenters. The topological polar surface area (TPSA) is 0 Å². The minimum absolute atomic E-state index is 1.21. The number of unbranched alkanes of at least 4 members (excludes halogenated alkanes) is 1. The van der Waals surface area contributed by atoms with Gasteiger partial charge in [0, 0.05) is 0 Å². The fourth-order valence-electron chi connectivity index (χ4n) is 0.523. The van der Waals surface area contributed by atoms with E-state index in [4.69, 9.17) is 0 Å². The third-order valence-electron chi connectivity index (χ3n) is 1.03. The van der Waals surface area contributed by atoms with E-state index in [9.17, 15) is 0 Å². The summed E-state index contributed by atoms with van der Waals surface area (Å²) in [5.74, 6) is 8.78. The molecule has 0 aliphatic carbocycles. The molecule has 0 radical (unpaired) electrons. The summed E-state index contributed by atoms with van der Waals surface area (Å²) in [4.78, 5) is 0. The Morgan fingerprint density at radius 3 is 2.11 bits per heavy atom. The van der Waals surface area contributed by atoms with E-state index in [0.29, 0.717) is 0 Å². The van der Waals surface area contributed by atoms with E-state index in [1.54, 1.807) is 0 Å². The Morgan fingerprint density at radius 2 is 1.78 bits per heavy atom. The standard InChI is InChI=1S/C7H18GeS/c1-5-6-7-9-8(2,3)4/h5-7H2,1-4H3. The molecule has 0 saturated carbocycles. The molecule has 0 aromatic carbocycles. The Morgan fingerprint density at radius 1 is 1.22 bits per heavy atom. The maximum absolute atomic E-state index is 2.46. The zero-order chi connectivity index (χ0) is 7.33. The molecule has 0 aromatic heterocycles.